The summed E-state index contributed by atoms with van der Waals surface area (Å²) in [6.45, 7) is 2.13. The van der Waals surface area contributed by atoms with Gasteiger partial charge in [-0.05, 0) is 42.2 Å². The summed E-state index contributed by atoms with van der Waals surface area (Å²) in [6.07, 6.45) is 7.66. The second kappa shape index (κ2) is 8.29. The van der Waals surface area contributed by atoms with E-state index in [9.17, 15) is 17.6 Å². The first-order chi connectivity index (χ1) is 13.0. The minimum atomic E-state index is -1.58. The van der Waals surface area contributed by atoms with E-state index in [1.165, 1.54) is 12.1 Å². The van der Waals surface area contributed by atoms with Crippen molar-refractivity contribution in [1.29, 1.82) is 0 Å². The third-order valence-corrected chi connectivity index (χ3v) is 4.30. The molecule has 27 heavy (non-hydrogen) atoms. The van der Waals surface area contributed by atoms with Crippen LogP contribution in [0.5, 0.6) is 0 Å². The molecule has 0 aliphatic heterocycles. The standard InChI is InChI=1S/C21H18F4N2/c1-2-3-4-5-13-11-26-21(27-12-13)14-6-7-16(17(22)8-14)15-9-18(23)20(25)19(24)10-15/h6-12H,2-5H2,1H3. The van der Waals surface area contributed by atoms with Crippen LogP contribution in [0.15, 0.2) is 42.7 Å². The van der Waals surface area contributed by atoms with E-state index in [0.717, 1.165) is 43.4 Å². The van der Waals surface area contributed by atoms with Gasteiger partial charge in [-0.1, -0.05) is 31.9 Å². The van der Waals surface area contributed by atoms with E-state index in [2.05, 4.69) is 16.9 Å². The van der Waals surface area contributed by atoms with Crippen LogP contribution in [-0.4, -0.2) is 9.97 Å². The number of unbranched alkanes of at least 4 members (excludes halogenated alkanes) is 2. The molecule has 0 saturated carbocycles. The molecule has 0 fully saturated rings. The fourth-order valence-corrected chi connectivity index (χ4v) is 2.81. The van der Waals surface area contributed by atoms with E-state index >= 15 is 0 Å². The van der Waals surface area contributed by atoms with Gasteiger partial charge in [0.25, 0.3) is 0 Å². The van der Waals surface area contributed by atoms with Crippen molar-refractivity contribution in [1.82, 2.24) is 9.97 Å². The fourth-order valence-electron chi connectivity index (χ4n) is 2.81. The molecule has 3 aromatic rings. The molecule has 1 aromatic heterocycles. The van der Waals surface area contributed by atoms with E-state index in [4.69, 9.17) is 0 Å². The summed E-state index contributed by atoms with van der Waals surface area (Å²) < 4.78 is 54.3. The molecular weight excluding hydrogens is 356 g/mol. The molecule has 6 heteroatoms. The van der Waals surface area contributed by atoms with Crippen LogP contribution < -0.4 is 0 Å². The van der Waals surface area contributed by atoms with Gasteiger partial charge in [0.1, 0.15) is 5.82 Å². The van der Waals surface area contributed by atoms with Crippen molar-refractivity contribution >= 4 is 0 Å². The van der Waals surface area contributed by atoms with Crippen molar-refractivity contribution in [3.63, 3.8) is 0 Å². The Morgan fingerprint density at radius 1 is 0.778 bits per heavy atom. The van der Waals surface area contributed by atoms with E-state index in [1.807, 2.05) is 0 Å². The number of aromatic nitrogens is 2. The van der Waals surface area contributed by atoms with Gasteiger partial charge in [-0.3, -0.25) is 0 Å². The van der Waals surface area contributed by atoms with Gasteiger partial charge in [0.05, 0.1) is 0 Å². The first kappa shape index (κ1) is 19.0. The topological polar surface area (TPSA) is 25.8 Å². The Balaban J connectivity index is 1.84. The average molecular weight is 374 g/mol. The molecule has 0 bridgehead atoms. The minimum absolute atomic E-state index is 0.0345. The van der Waals surface area contributed by atoms with Gasteiger partial charge in [0.15, 0.2) is 23.3 Å². The first-order valence-electron chi connectivity index (χ1n) is 8.75. The third kappa shape index (κ3) is 4.32. The highest BCUT2D eigenvalue weighted by atomic mass is 19.2. The van der Waals surface area contributed by atoms with Crippen molar-refractivity contribution in [3.05, 3.63) is 71.6 Å². The normalized spacial score (nSPS) is 11.0. The Morgan fingerprint density at radius 3 is 2.00 bits per heavy atom. The van der Waals surface area contributed by atoms with Crippen molar-refractivity contribution in [2.24, 2.45) is 0 Å². The number of halogens is 4. The van der Waals surface area contributed by atoms with Gasteiger partial charge in [0, 0.05) is 23.5 Å². The Hall–Kier alpha value is -2.76. The maximum absolute atomic E-state index is 14.5. The zero-order chi connectivity index (χ0) is 19.4. The van der Waals surface area contributed by atoms with Crippen molar-refractivity contribution < 1.29 is 17.6 Å². The number of aryl methyl sites for hydroxylation is 1. The van der Waals surface area contributed by atoms with E-state index < -0.39 is 23.3 Å². The summed E-state index contributed by atoms with van der Waals surface area (Å²) in [4.78, 5) is 8.53. The molecule has 0 atom stereocenters. The fraction of sp³-hybridized carbons (Fsp3) is 0.238. The number of nitrogens with zero attached hydrogens (tertiary/aromatic N) is 2. The lowest BCUT2D eigenvalue weighted by Crippen LogP contribution is -1.96. The molecule has 2 nitrogen and oxygen atoms in total. The molecule has 0 N–H and O–H groups in total. The maximum Gasteiger partial charge on any atom is 0.194 e. The van der Waals surface area contributed by atoms with Gasteiger partial charge in [-0.2, -0.15) is 0 Å². The summed E-state index contributed by atoms with van der Waals surface area (Å²) >= 11 is 0. The van der Waals surface area contributed by atoms with E-state index in [0.29, 0.717) is 11.4 Å². The molecule has 0 saturated heterocycles. The molecule has 0 aliphatic carbocycles. The average Bonchev–Trinajstić information content (AvgIpc) is 2.66. The molecule has 140 valence electrons. The number of hydrogen-bond donors (Lipinski definition) is 0. The summed E-state index contributed by atoms with van der Waals surface area (Å²) in [7, 11) is 0. The predicted octanol–water partition coefficient (Wildman–Crippen LogP) is 6.10. The van der Waals surface area contributed by atoms with Crippen LogP contribution in [0.2, 0.25) is 0 Å². The molecular formula is C21H18F4N2. The Kier molecular flexibility index (Phi) is 5.84. The highest BCUT2D eigenvalue weighted by molar-refractivity contribution is 5.68. The van der Waals surface area contributed by atoms with Gasteiger partial charge in [-0.15, -0.1) is 0 Å². The Labute approximate surface area is 154 Å². The summed E-state index contributed by atoms with van der Waals surface area (Å²) in [5.41, 5.74) is 1.34. The molecule has 0 unspecified atom stereocenters. The van der Waals surface area contributed by atoms with Gasteiger partial charge < -0.3 is 0 Å². The molecule has 0 amide bonds. The summed E-state index contributed by atoms with van der Waals surface area (Å²) in [6, 6.07) is 5.65. The van der Waals surface area contributed by atoms with Crippen LogP contribution in [0.1, 0.15) is 31.7 Å². The number of rotatable bonds is 6. The van der Waals surface area contributed by atoms with Crippen molar-refractivity contribution in [2.75, 3.05) is 0 Å². The highest BCUT2D eigenvalue weighted by Crippen LogP contribution is 2.29. The van der Waals surface area contributed by atoms with Gasteiger partial charge in [-0.25, -0.2) is 27.5 Å². The summed E-state index contributed by atoms with van der Waals surface area (Å²) in [5.74, 6) is -4.65. The van der Waals surface area contributed by atoms with Crippen LogP contribution in [-0.2, 0) is 6.42 Å². The second-order valence-electron chi connectivity index (χ2n) is 6.32. The zero-order valence-electron chi connectivity index (χ0n) is 14.8. The number of hydrogen-bond acceptors (Lipinski definition) is 2. The largest absolute Gasteiger partial charge is 0.236 e. The summed E-state index contributed by atoms with van der Waals surface area (Å²) in [5, 5.41) is 0. The minimum Gasteiger partial charge on any atom is -0.236 e. The quantitative estimate of drug-likeness (QED) is 0.296. The highest BCUT2D eigenvalue weighted by Gasteiger charge is 2.15. The van der Waals surface area contributed by atoms with Crippen LogP contribution in [0.3, 0.4) is 0 Å². The first-order valence-corrected chi connectivity index (χ1v) is 8.75. The van der Waals surface area contributed by atoms with Gasteiger partial charge >= 0.3 is 0 Å². The molecule has 0 aliphatic rings. The smallest absolute Gasteiger partial charge is 0.194 e. The third-order valence-electron chi connectivity index (χ3n) is 4.30. The monoisotopic (exact) mass is 374 g/mol. The number of benzene rings is 2. The van der Waals surface area contributed by atoms with Gasteiger partial charge in [0.2, 0.25) is 0 Å². The lowest BCUT2D eigenvalue weighted by atomic mass is 10.0. The van der Waals surface area contributed by atoms with Crippen LogP contribution in [0.4, 0.5) is 17.6 Å². The van der Waals surface area contributed by atoms with Crippen molar-refractivity contribution in [3.8, 4) is 22.5 Å². The van der Waals surface area contributed by atoms with E-state index in [-0.39, 0.29) is 11.1 Å². The Morgan fingerprint density at radius 2 is 1.41 bits per heavy atom. The predicted molar refractivity (Wildman–Crippen MR) is 96.0 cm³/mol. The maximum atomic E-state index is 14.5. The van der Waals surface area contributed by atoms with Crippen LogP contribution in [0, 0.1) is 23.3 Å². The lowest BCUT2D eigenvalue weighted by Gasteiger charge is -2.08. The second-order valence-corrected chi connectivity index (χ2v) is 6.32. The lowest BCUT2D eigenvalue weighted by molar-refractivity contribution is 0.447. The SMILES string of the molecule is CCCCCc1cnc(-c2ccc(-c3cc(F)c(F)c(F)c3)c(F)c2)nc1. The van der Waals surface area contributed by atoms with Crippen LogP contribution >= 0.6 is 0 Å². The van der Waals surface area contributed by atoms with E-state index in [1.54, 1.807) is 18.5 Å². The molecule has 0 spiro atoms. The molecule has 2 aromatic carbocycles. The van der Waals surface area contributed by atoms with Crippen LogP contribution in [0.25, 0.3) is 22.5 Å². The van der Waals surface area contributed by atoms with Crippen molar-refractivity contribution in [2.45, 2.75) is 32.6 Å². The molecule has 0 radical (unpaired) electrons. The molecule has 3 rings (SSSR count). The Bertz CT molecular complexity index is 916. The molecule has 1 heterocycles. The zero-order valence-corrected chi connectivity index (χ0v) is 14.8.